The fraction of sp³-hybridized carbons (Fsp3) is 0.483. The van der Waals surface area contributed by atoms with Crippen molar-refractivity contribution in [3.63, 3.8) is 0 Å². The lowest BCUT2D eigenvalue weighted by atomic mass is 9.75. The van der Waals surface area contributed by atoms with Gasteiger partial charge < -0.3 is 19.9 Å². The molecule has 0 radical (unpaired) electrons. The molecule has 4 rings (SSSR count). The SMILES string of the molecule is COCCC(CC1(C(=O)NC2(C(=O)O)Cc3ccccc3C2)CCCC1)C(=O)OCc1ccccc1. The van der Waals surface area contributed by atoms with Crippen molar-refractivity contribution in [1.29, 1.82) is 0 Å². The van der Waals surface area contributed by atoms with Crippen LogP contribution in [0.5, 0.6) is 0 Å². The summed E-state index contributed by atoms with van der Waals surface area (Å²) in [6.45, 7) is 0.542. The number of ether oxygens (including phenoxy) is 2. The minimum Gasteiger partial charge on any atom is -0.479 e. The van der Waals surface area contributed by atoms with E-state index >= 15 is 0 Å². The first-order chi connectivity index (χ1) is 17.4. The molecule has 2 aliphatic rings. The van der Waals surface area contributed by atoms with Gasteiger partial charge in [0, 0.05) is 26.6 Å². The highest BCUT2D eigenvalue weighted by molar-refractivity contribution is 5.91. The van der Waals surface area contributed by atoms with E-state index in [1.807, 2.05) is 54.6 Å². The van der Waals surface area contributed by atoms with Crippen LogP contribution >= 0.6 is 0 Å². The smallest absolute Gasteiger partial charge is 0.330 e. The number of amides is 1. The molecule has 7 nitrogen and oxygen atoms in total. The third-order valence-electron chi connectivity index (χ3n) is 7.77. The van der Waals surface area contributed by atoms with Gasteiger partial charge in [-0.15, -0.1) is 0 Å². The van der Waals surface area contributed by atoms with E-state index in [-0.39, 0.29) is 31.3 Å². The van der Waals surface area contributed by atoms with Gasteiger partial charge in [0.25, 0.3) is 0 Å². The fourth-order valence-corrected chi connectivity index (χ4v) is 5.72. The predicted octanol–water partition coefficient (Wildman–Crippen LogP) is 4.07. The van der Waals surface area contributed by atoms with Crippen molar-refractivity contribution in [3.05, 3.63) is 71.3 Å². The summed E-state index contributed by atoms with van der Waals surface area (Å²) in [7, 11) is 1.58. The van der Waals surface area contributed by atoms with E-state index in [4.69, 9.17) is 9.47 Å². The number of hydrogen-bond acceptors (Lipinski definition) is 5. The summed E-state index contributed by atoms with van der Waals surface area (Å²) < 4.78 is 10.9. The van der Waals surface area contributed by atoms with Gasteiger partial charge in [-0.1, -0.05) is 67.4 Å². The number of aliphatic carboxylic acids is 1. The lowest BCUT2D eigenvalue weighted by Crippen LogP contribution is -2.59. The third-order valence-corrected chi connectivity index (χ3v) is 7.77. The standard InChI is InChI=1S/C29H35NO6/c1-35-16-13-24(25(31)36-20-21-9-3-2-4-10-21)17-28(14-7-8-15-28)26(32)30-29(27(33)34)18-22-11-5-6-12-23(22)19-29/h2-6,9-12,24H,7-8,13-20H2,1H3,(H,30,32)(H,33,34). The van der Waals surface area contributed by atoms with E-state index in [9.17, 15) is 19.5 Å². The molecule has 1 unspecified atom stereocenters. The van der Waals surface area contributed by atoms with Crippen LogP contribution in [-0.4, -0.2) is 42.2 Å². The van der Waals surface area contributed by atoms with Gasteiger partial charge in [-0.2, -0.15) is 0 Å². The molecule has 1 saturated carbocycles. The minimum atomic E-state index is -1.37. The quantitative estimate of drug-likeness (QED) is 0.458. The fourth-order valence-electron chi connectivity index (χ4n) is 5.72. The van der Waals surface area contributed by atoms with Gasteiger partial charge in [-0.05, 0) is 42.4 Å². The Hall–Kier alpha value is -3.19. The summed E-state index contributed by atoms with van der Waals surface area (Å²) in [6.07, 6.45) is 4.24. The highest BCUT2D eigenvalue weighted by atomic mass is 16.5. The van der Waals surface area contributed by atoms with Crippen LogP contribution in [0.25, 0.3) is 0 Å². The first kappa shape index (κ1) is 25.9. The van der Waals surface area contributed by atoms with Crippen molar-refractivity contribution in [2.75, 3.05) is 13.7 Å². The van der Waals surface area contributed by atoms with Gasteiger partial charge in [-0.3, -0.25) is 9.59 Å². The maximum absolute atomic E-state index is 13.8. The first-order valence-corrected chi connectivity index (χ1v) is 12.7. The normalized spacial score (nSPS) is 18.2. The zero-order valence-corrected chi connectivity index (χ0v) is 20.8. The summed E-state index contributed by atoms with van der Waals surface area (Å²) in [5.41, 5.74) is 0.619. The van der Waals surface area contributed by atoms with Crippen LogP contribution in [0.1, 0.15) is 55.2 Å². The number of methoxy groups -OCH3 is 1. The second-order valence-electron chi connectivity index (χ2n) is 10.2. The minimum absolute atomic E-state index is 0.169. The zero-order valence-electron chi connectivity index (χ0n) is 20.8. The molecule has 2 N–H and O–H groups in total. The molecular formula is C29H35NO6. The summed E-state index contributed by atoms with van der Waals surface area (Å²) >= 11 is 0. The van der Waals surface area contributed by atoms with Crippen molar-refractivity contribution < 1.29 is 29.0 Å². The molecule has 0 bridgehead atoms. The van der Waals surface area contributed by atoms with Crippen molar-refractivity contribution in [2.24, 2.45) is 11.3 Å². The lowest BCUT2D eigenvalue weighted by molar-refractivity contribution is -0.154. The van der Waals surface area contributed by atoms with E-state index < -0.39 is 22.8 Å². The number of esters is 1. The lowest BCUT2D eigenvalue weighted by Gasteiger charge is -2.35. The molecule has 2 aromatic rings. The van der Waals surface area contributed by atoms with E-state index in [1.165, 1.54) is 0 Å². The average Bonchev–Trinajstić information content (AvgIpc) is 3.51. The van der Waals surface area contributed by atoms with Crippen LogP contribution in [0.2, 0.25) is 0 Å². The van der Waals surface area contributed by atoms with E-state index in [0.29, 0.717) is 32.3 Å². The van der Waals surface area contributed by atoms with Crippen LogP contribution in [0.15, 0.2) is 54.6 Å². The van der Waals surface area contributed by atoms with Gasteiger partial charge >= 0.3 is 11.9 Å². The Kier molecular flexibility index (Phi) is 8.09. The molecule has 192 valence electrons. The highest BCUT2D eigenvalue weighted by Gasteiger charge is 2.51. The molecule has 0 aromatic heterocycles. The molecular weight excluding hydrogens is 458 g/mol. The second kappa shape index (κ2) is 11.2. The van der Waals surface area contributed by atoms with Crippen LogP contribution < -0.4 is 5.32 Å². The van der Waals surface area contributed by atoms with Gasteiger partial charge in [0.2, 0.25) is 5.91 Å². The topological polar surface area (TPSA) is 102 Å². The van der Waals surface area contributed by atoms with Crippen molar-refractivity contribution in [1.82, 2.24) is 5.32 Å². The molecule has 36 heavy (non-hydrogen) atoms. The molecule has 1 amide bonds. The maximum Gasteiger partial charge on any atom is 0.330 e. The van der Waals surface area contributed by atoms with Crippen LogP contribution in [0.4, 0.5) is 0 Å². The summed E-state index contributed by atoms with van der Waals surface area (Å²) in [6, 6.07) is 17.1. The van der Waals surface area contributed by atoms with Crippen LogP contribution in [-0.2, 0) is 43.3 Å². The number of carbonyl (C=O) groups excluding carboxylic acids is 2. The van der Waals surface area contributed by atoms with E-state index in [0.717, 1.165) is 29.5 Å². The first-order valence-electron chi connectivity index (χ1n) is 12.7. The zero-order chi connectivity index (χ0) is 25.6. The number of carboxylic acids is 1. The molecule has 0 aliphatic heterocycles. The van der Waals surface area contributed by atoms with Crippen LogP contribution in [0.3, 0.4) is 0 Å². The molecule has 0 heterocycles. The van der Waals surface area contributed by atoms with E-state index in [2.05, 4.69) is 5.32 Å². The summed E-state index contributed by atoms with van der Waals surface area (Å²) in [4.78, 5) is 39.4. The number of carbonyl (C=O) groups is 3. The molecule has 0 spiro atoms. The van der Waals surface area contributed by atoms with Gasteiger partial charge in [-0.25, -0.2) is 4.79 Å². The number of benzene rings is 2. The Balaban J connectivity index is 1.50. The van der Waals surface area contributed by atoms with Crippen molar-refractivity contribution in [3.8, 4) is 0 Å². The molecule has 2 aromatic carbocycles. The number of hydrogen-bond donors (Lipinski definition) is 2. The highest BCUT2D eigenvalue weighted by Crippen LogP contribution is 2.45. The number of carboxylic acid groups (broad SMARTS) is 1. The van der Waals surface area contributed by atoms with Gasteiger partial charge in [0.1, 0.15) is 12.1 Å². The Labute approximate surface area is 212 Å². The van der Waals surface area contributed by atoms with Gasteiger partial charge in [0.05, 0.1) is 11.3 Å². The number of rotatable bonds is 11. The Morgan fingerprint density at radius 3 is 2.17 bits per heavy atom. The predicted molar refractivity (Wildman–Crippen MR) is 134 cm³/mol. The Morgan fingerprint density at radius 2 is 1.58 bits per heavy atom. The molecule has 0 saturated heterocycles. The van der Waals surface area contributed by atoms with E-state index in [1.54, 1.807) is 7.11 Å². The monoisotopic (exact) mass is 493 g/mol. The number of fused-ring (bicyclic) bond motifs is 1. The number of nitrogens with one attached hydrogen (secondary N) is 1. The van der Waals surface area contributed by atoms with Gasteiger partial charge in [0.15, 0.2) is 0 Å². The summed E-state index contributed by atoms with van der Waals surface area (Å²) in [5, 5.41) is 13.1. The largest absolute Gasteiger partial charge is 0.479 e. The molecule has 1 atom stereocenters. The summed E-state index contributed by atoms with van der Waals surface area (Å²) in [5.74, 6) is -2.16. The van der Waals surface area contributed by atoms with Crippen molar-refractivity contribution in [2.45, 2.75) is 63.5 Å². The molecule has 7 heteroatoms. The Morgan fingerprint density at radius 1 is 0.972 bits per heavy atom. The third kappa shape index (κ3) is 5.62. The molecule has 1 fully saturated rings. The maximum atomic E-state index is 13.8. The molecule has 2 aliphatic carbocycles. The average molecular weight is 494 g/mol. The van der Waals surface area contributed by atoms with Crippen LogP contribution in [0, 0.1) is 11.3 Å². The second-order valence-corrected chi connectivity index (χ2v) is 10.2. The van der Waals surface area contributed by atoms with Crippen molar-refractivity contribution >= 4 is 17.8 Å². The Bertz CT molecular complexity index is 1050.